The van der Waals surface area contributed by atoms with Crippen LogP contribution in [0.1, 0.15) is 34.5 Å². The SMILES string of the molecule is Cc1c(C(=O)N2CCC(OCc3ccc(F)cc3)CC2)cnn1-c1nn2cccc2c(=O)[nH]1. The van der Waals surface area contributed by atoms with Crippen LogP contribution in [-0.2, 0) is 11.3 Å². The molecule has 5 rings (SSSR count). The number of halogens is 1. The second kappa shape index (κ2) is 8.62. The normalized spacial score (nSPS) is 14.8. The summed E-state index contributed by atoms with van der Waals surface area (Å²) >= 11 is 0. The number of piperidine rings is 1. The molecule has 0 atom stereocenters. The first-order valence-electron chi connectivity index (χ1n) is 10.8. The molecule has 33 heavy (non-hydrogen) atoms. The highest BCUT2D eigenvalue weighted by molar-refractivity contribution is 5.95. The van der Waals surface area contributed by atoms with Gasteiger partial charge in [-0.25, -0.2) is 13.6 Å². The van der Waals surface area contributed by atoms with Crippen LogP contribution in [0.3, 0.4) is 0 Å². The summed E-state index contributed by atoms with van der Waals surface area (Å²) < 4.78 is 21.9. The maximum absolute atomic E-state index is 13.1. The Balaban J connectivity index is 1.23. The van der Waals surface area contributed by atoms with Crippen LogP contribution in [-0.4, -0.2) is 54.4 Å². The topological polar surface area (TPSA) is 97.5 Å². The van der Waals surface area contributed by atoms with Crippen molar-refractivity contribution in [3.05, 3.63) is 81.8 Å². The minimum absolute atomic E-state index is 0.0468. The molecule has 1 aromatic carbocycles. The fourth-order valence-electron chi connectivity index (χ4n) is 4.05. The molecule has 1 N–H and O–H groups in total. The molecule has 1 fully saturated rings. The second-order valence-corrected chi connectivity index (χ2v) is 8.10. The van der Waals surface area contributed by atoms with Crippen LogP contribution in [0.25, 0.3) is 11.5 Å². The molecule has 170 valence electrons. The van der Waals surface area contributed by atoms with Gasteiger partial charge >= 0.3 is 0 Å². The maximum atomic E-state index is 13.1. The molecule has 1 amide bonds. The van der Waals surface area contributed by atoms with Gasteiger partial charge < -0.3 is 9.64 Å². The Bertz CT molecular complexity index is 1350. The Morgan fingerprint density at radius 3 is 2.73 bits per heavy atom. The number of benzene rings is 1. The Kier molecular flexibility index (Phi) is 5.51. The van der Waals surface area contributed by atoms with E-state index in [0.717, 1.165) is 18.4 Å². The molecule has 0 spiro atoms. The molecule has 0 bridgehead atoms. The van der Waals surface area contributed by atoms with Crippen molar-refractivity contribution in [1.82, 2.24) is 29.3 Å². The van der Waals surface area contributed by atoms with Gasteiger partial charge in [0.2, 0.25) is 5.95 Å². The fraction of sp³-hybridized carbons (Fsp3) is 0.304. The van der Waals surface area contributed by atoms with Crippen LogP contribution in [0.4, 0.5) is 4.39 Å². The number of hydrogen-bond acceptors (Lipinski definition) is 5. The van der Waals surface area contributed by atoms with Crippen molar-refractivity contribution < 1.29 is 13.9 Å². The number of aromatic amines is 1. The standard InChI is InChI=1S/C23H23FN6O3/c1-15-19(13-25-30(15)23-26-21(31)20-3-2-10-29(20)27-23)22(32)28-11-8-18(9-12-28)33-14-16-4-6-17(24)7-5-16/h2-7,10,13,18H,8-9,11-12,14H2,1H3,(H,26,27,31). The second-order valence-electron chi connectivity index (χ2n) is 8.10. The van der Waals surface area contributed by atoms with Crippen molar-refractivity contribution >= 4 is 11.4 Å². The number of hydrogen-bond donors (Lipinski definition) is 1. The van der Waals surface area contributed by atoms with Gasteiger partial charge in [0.1, 0.15) is 11.3 Å². The lowest BCUT2D eigenvalue weighted by Crippen LogP contribution is -2.41. The highest BCUT2D eigenvalue weighted by atomic mass is 19.1. The van der Waals surface area contributed by atoms with E-state index in [0.29, 0.717) is 36.5 Å². The average molecular weight is 450 g/mol. The third kappa shape index (κ3) is 4.17. The molecule has 0 saturated carbocycles. The van der Waals surface area contributed by atoms with Crippen LogP contribution in [0.2, 0.25) is 0 Å². The number of aromatic nitrogens is 5. The molecule has 0 aliphatic carbocycles. The van der Waals surface area contributed by atoms with E-state index in [1.807, 2.05) is 0 Å². The molecular formula is C23H23FN6O3. The molecule has 1 saturated heterocycles. The van der Waals surface area contributed by atoms with Crippen molar-refractivity contribution in [3.63, 3.8) is 0 Å². The van der Waals surface area contributed by atoms with Crippen LogP contribution in [0, 0.1) is 12.7 Å². The van der Waals surface area contributed by atoms with E-state index in [9.17, 15) is 14.0 Å². The Labute approximate surface area is 188 Å². The summed E-state index contributed by atoms with van der Waals surface area (Å²) in [4.78, 5) is 29.9. The van der Waals surface area contributed by atoms with Crippen molar-refractivity contribution in [3.8, 4) is 5.95 Å². The van der Waals surface area contributed by atoms with Gasteiger partial charge in [-0.15, -0.1) is 5.10 Å². The van der Waals surface area contributed by atoms with Crippen LogP contribution < -0.4 is 5.56 Å². The first-order valence-corrected chi connectivity index (χ1v) is 10.8. The smallest absolute Gasteiger partial charge is 0.276 e. The van der Waals surface area contributed by atoms with E-state index < -0.39 is 0 Å². The Hall–Kier alpha value is -3.79. The van der Waals surface area contributed by atoms with Crippen molar-refractivity contribution in [2.75, 3.05) is 13.1 Å². The number of likely N-dealkylation sites (tertiary alicyclic amines) is 1. The Morgan fingerprint density at radius 1 is 1.21 bits per heavy atom. The van der Waals surface area contributed by atoms with Crippen LogP contribution >= 0.6 is 0 Å². The van der Waals surface area contributed by atoms with Gasteiger partial charge in [-0.3, -0.25) is 14.6 Å². The summed E-state index contributed by atoms with van der Waals surface area (Å²) in [5, 5.41) is 8.66. The zero-order chi connectivity index (χ0) is 22.9. The summed E-state index contributed by atoms with van der Waals surface area (Å²) in [7, 11) is 0. The molecule has 9 nitrogen and oxygen atoms in total. The van der Waals surface area contributed by atoms with Crippen molar-refractivity contribution in [2.45, 2.75) is 32.5 Å². The number of ether oxygens (including phenoxy) is 1. The zero-order valence-electron chi connectivity index (χ0n) is 18.1. The molecule has 4 heterocycles. The molecule has 3 aromatic heterocycles. The summed E-state index contributed by atoms with van der Waals surface area (Å²) in [5.41, 5.74) is 2.14. The number of carbonyl (C=O) groups is 1. The average Bonchev–Trinajstić information content (AvgIpc) is 3.45. The summed E-state index contributed by atoms with van der Waals surface area (Å²) in [6.07, 6.45) is 4.68. The largest absolute Gasteiger partial charge is 0.373 e. The first-order chi connectivity index (χ1) is 16.0. The van der Waals surface area contributed by atoms with E-state index in [2.05, 4.69) is 15.2 Å². The molecule has 1 aliphatic rings. The van der Waals surface area contributed by atoms with Gasteiger partial charge in [-0.1, -0.05) is 12.1 Å². The number of rotatable bonds is 5. The third-order valence-corrected chi connectivity index (χ3v) is 5.96. The van der Waals surface area contributed by atoms with Gasteiger partial charge in [0, 0.05) is 19.3 Å². The van der Waals surface area contributed by atoms with E-state index in [4.69, 9.17) is 4.74 Å². The molecule has 1 aliphatic heterocycles. The minimum atomic E-state index is -0.282. The van der Waals surface area contributed by atoms with Gasteiger partial charge in [0.15, 0.2) is 0 Å². The first kappa shape index (κ1) is 21.1. The number of fused-ring (bicyclic) bond motifs is 1. The lowest BCUT2D eigenvalue weighted by atomic mass is 10.1. The molecule has 10 heteroatoms. The van der Waals surface area contributed by atoms with E-state index in [1.54, 1.807) is 42.3 Å². The number of H-pyrrole nitrogens is 1. The fourth-order valence-corrected chi connectivity index (χ4v) is 4.05. The maximum Gasteiger partial charge on any atom is 0.276 e. The third-order valence-electron chi connectivity index (χ3n) is 5.96. The number of amides is 1. The lowest BCUT2D eigenvalue weighted by Gasteiger charge is -2.32. The monoisotopic (exact) mass is 450 g/mol. The van der Waals surface area contributed by atoms with E-state index in [1.165, 1.54) is 27.5 Å². The summed E-state index contributed by atoms with van der Waals surface area (Å²) in [5.74, 6) is -0.134. The van der Waals surface area contributed by atoms with Gasteiger partial charge in [-0.2, -0.15) is 5.10 Å². The Morgan fingerprint density at radius 2 is 1.97 bits per heavy atom. The lowest BCUT2D eigenvalue weighted by molar-refractivity contribution is -0.000407. The van der Waals surface area contributed by atoms with Gasteiger partial charge in [0.05, 0.1) is 30.2 Å². The van der Waals surface area contributed by atoms with E-state index in [-0.39, 0.29) is 29.3 Å². The highest BCUT2D eigenvalue weighted by Crippen LogP contribution is 2.20. The highest BCUT2D eigenvalue weighted by Gasteiger charge is 2.27. The van der Waals surface area contributed by atoms with Gasteiger partial charge in [0.25, 0.3) is 11.5 Å². The quantitative estimate of drug-likeness (QED) is 0.504. The van der Waals surface area contributed by atoms with Crippen molar-refractivity contribution in [2.24, 2.45) is 0 Å². The molecule has 0 unspecified atom stereocenters. The summed E-state index contributed by atoms with van der Waals surface area (Å²) in [6.45, 7) is 3.34. The molecular weight excluding hydrogens is 427 g/mol. The minimum Gasteiger partial charge on any atom is -0.373 e. The zero-order valence-corrected chi connectivity index (χ0v) is 18.1. The predicted octanol–water partition coefficient (Wildman–Crippen LogP) is 2.48. The molecule has 4 aromatic rings. The number of nitrogens with one attached hydrogen (secondary N) is 1. The van der Waals surface area contributed by atoms with Crippen molar-refractivity contribution in [1.29, 1.82) is 0 Å². The van der Waals surface area contributed by atoms with E-state index >= 15 is 0 Å². The number of nitrogens with zero attached hydrogens (tertiary/aromatic N) is 5. The predicted molar refractivity (Wildman–Crippen MR) is 118 cm³/mol. The van der Waals surface area contributed by atoms with Crippen LogP contribution in [0.5, 0.6) is 0 Å². The summed E-state index contributed by atoms with van der Waals surface area (Å²) in [6, 6.07) is 9.68. The molecule has 0 radical (unpaired) electrons. The van der Waals surface area contributed by atoms with Crippen LogP contribution in [0.15, 0.2) is 53.6 Å². The van der Waals surface area contributed by atoms with Gasteiger partial charge in [-0.05, 0) is 49.6 Å². The number of carbonyl (C=O) groups excluding carboxylic acids is 1.